The van der Waals surface area contributed by atoms with Crippen molar-refractivity contribution in [3.05, 3.63) is 53.2 Å². The predicted octanol–water partition coefficient (Wildman–Crippen LogP) is 5.01. The molecule has 1 aliphatic heterocycles. The van der Waals surface area contributed by atoms with Gasteiger partial charge in [0.25, 0.3) is 5.91 Å². The summed E-state index contributed by atoms with van der Waals surface area (Å²) in [5.41, 5.74) is 1.25. The molecule has 0 atom stereocenters. The maximum Gasteiger partial charge on any atom is 0.274 e. The number of amides is 1. The molecule has 7 heteroatoms. The maximum absolute atomic E-state index is 14.2. The summed E-state index contributed by atoms with van der Waals surface area (Å²) in [6.07, 6.45) is 6.96. The largest absolute Gasteiger partial charge is 0.355 e. The lowest BCUT2D eigenvalue weighted by molar-refractivity contribution is -0.00470. The average molecular weight is 430 g/mol. The van der Waals surface area contributed by atoms with E-state index in [0.717, 1.165) is 30.8 Å². The molecule has 2 heterocycles. The minimum absolute atomic E-state index is 0.0780. The number of benzene rings is 1. The van der Waals surface area contributed by atoms with Crippen molar-refractivity contribution >= 4 is 5.91 Å². The molecule has 0 bridgehead atoms. The van der Waals surface area contributed by atoms with Crippen LogP contribution >= 0.6 is 0 Å². The van der Waals surface area contributed by atoms with Gasteiger partial charge in [-0.05, 0) is 45.2 Å². The van der Waals surface area contributed by atoms with Crippen LogP contribution < -0.4 is 5.32 Å². The summed E-state index contributed by atoms with van der Waals surface area (Å²) < 4.78 is 32.7. The minimum atomic E-state index is -0.757. The smallest absolute Gasteiger partial charge is 0.274 e. The van der Waals surface area contributed by atoms with Gasteiger partial charge < -0.3 is 9.84 Å². The van der Waals surface area contributed by atoms with Gasteiger partial charge in [0.05, 0.1) is 11.1 Å². The van der Waals surface area contributed by atoms with E-state index < -0.39 is 11.6 Å². The number of likely N-dealkylation sites (tertiary alicyclic amines) is 1. The molecule has 31 heavy (non-hydrogen) atoms. The standard InChI is InChI=1S/C24H29F2N3O2/c1-15(2)12-24(13-29(14-24)18-7-5-4-6-8-18)27-23(30)21-16(3)22(31-28-21)19-10-9-17(25)11-20(19)26/h9-11,18H,1,4-8,12-14H2,2-3H3,(H,27,30). The first-order valence-corrected chi connectivity index (χ1v) is 10.9. The van der Waals surface area contributed by atoms with E-state index in [-0.39, 0.29) is 28.5 Å². The minimum Gasteiger partial charge on any atom is -0.355 e. The van der Waals surface area contributed by atoms with Gasteiger partial charge in [0.1, 0.15) is 11.6 Å². The van der Waals surface area contributed by atoms with Crippen molar-refractivity contribution in [1.82, 2.24) is 15.4 Å². The number of nitrogens with zero attached hydrogens (tertiary/aromatic N) is 2. The quantitative estimate of drug-likeness (QED) is 0.656. The summed E-state index contributed by atoms with van der Waals surface area (Å²) in [4.78, 5) is 15.5. The number of carbonyl (C=O) groups excluding carboxylic acids is 1. The van der Waals surface area contributed by atoms with Crippen LogP contribution in [0.25, 0.3) is 11.3 Å². The highest BCUT2D eigenvalue weighted by Gasteiger charge is 2.47. The van der Waals surface area contributed by atoms with Crippen molar-refractivity contribution in [3.63, 3.8) is 0 Å². The first-order chi connectivity index (χ1) is 14.8. The normalized spacial score (nSPS) is 19.1. The molecule has 1 aromatic carbocycles. The van der Waals surface area contributed by atoms with Crippen LogP contribution in [-0.2, 0) is 0 Å². The molecule has 0 spiro atoms. The van der Waals surface area contributed by atoms with E-state index >= 15 is 0 Å². The molecule has 2 fully saturated rings. The number of aromatic nitrogens is 1. The van der Waals surface area contributed by atoms with Crippen LogP contribution in [0.1, 0.15) is 61.5 Å². The molecule has 1 amide bonds. The van der Waals surface area contributed by atoms with Crippen LogP contribution in [0, 0.1) is 18.6 Å². The summed E-state index contributed by atoms with van der Waals surface area (Å²) in [6.45, 7) is 9.23. The summed E-state index contributed by atoms with van der Waals surface area (Å²) in [5.74, 6) is -1.65. The molecular weight excluding hydrogens is 400 g/mol. The molecule has 2 aromatic rings. The molecule has 4 rings (SSSR count). The molecule has 1 saturated heterocycles. The van der Waals surface area contributed by atoms with Crippen molar-refractivity contribution in [2.75, 3.05) is 13.1 Å². The van der Waals surface area contributed by atoms with E-state index in [1.807, 2.05) is 6.92 Å². The van der Waals surface area contributed by atoms with Gasteiger partial charge in [-0.3, -0.25) is 9.69 Å². The Morgan fingerprint density at radius 3 is 2.65 bits per heavy atom. The fourth-order valence-corrected chi connectivity index (χ4v) is 5.02. The van der Waals surface area contributed by atoms with Crippen LogP contribution in [0.2, 0.25) is 0 Å². The highest BCUT2D eigenvalue weighted by atomic mass is 19.1. The Kier molecular flexibility index (Phi) is 5.97. The second-order valence-electron chi connectivity index (χ2n) is 9.17. The van der Waals surface area contributed by atoms with Crippen LogP contribution in [0.4, 0.5) is 8.78 Å². The van der Waals surface area contributed by atoms with E-state index in [9.17, 15) is 13.6 Å². The predicted molar refractivity (Wildman–Crippen MR) is 115 cm³/mol. The maximum atomic E-state index is 14.2. The number of rotatable bonds is 6. The van der Waals surface area contributed by atoms with Gasteiger partial charge in [-0.1, -0.05) is 30.0 Å². The summed E-state index contributed by atoms with van der Waals surface area (Å²) in [6, 6.07) is 3.81. The van der Waals surface area contributed by atoms with E-state index in [4.69, 9.17) is 4.52 Å². The second kappa shape index (κ2) is 8.54. The Balaban J connectivity index is 1.51. The van der Waals surface area contributed by atoms with Crippen LogP contribution in [-0.4, -0.2) is 40.6 Å². The van der Waals surface area contributed by atoms with Crippen molar-refractivity contribution in [1.29, 1.82) is 0 Å². The van der Waals surface area contributed by atoms with Crippen LogP contribution in [0.5, 0.6) is 0 Å². The molecule has 1 aromatic heterocycles. The van der Waals surface area contributed by atoms with Gasteiger partial charge in [0, 0.05) is 30.8 Å². The molecular formula is C24H29F2N3O2. The molecule has 5 nitrogen and oxygen atoms in total. The highest BCUT2D eigenvalue weighted by molar-refractivity contribution is 5.95. The summed E-state index contributed by atoms with van der Waals surface area (Å²) in [5, 5.41) is 7.06. The molecule has 166 valence electrons. The molecule has 1 saturated carbocycles. The van der Waals surface area contributed by atoms with Gasteiger partial charge in [0.15, 0.2) is 11.5 Å². The average Bonchev–Trinajstić information content (AvgIpc) is 3.07. The molecule has 1 N–H and O–H groups in total. The lowest BCUT2D eigenvalue weighted by Crippen LogP contribution is -2.72. The van der Waals surface area contributed by atoms with Crippen molar-refractivity contribution in [2.45, 2.75) is 64.0 Å². The fourth-order valence-electron chi connectivity index (χ4n) is 5.02. The summed E-state index contributed by atoms with van der Waals surface area (Å²) in [7, 11) is 0. The lowest BCUT2D eigenvalue weighted by atomic mass is 9.80. The van der Waals surface area contributed by atoms with E-state index in [0.29, 0.717) is 18.0 Å². The number of nitrogens with one attached hydrogen (secondary N) is 1. The molecule has 0 radical (unpaired) electrons. The number of halogens is 2. The Morgan fingerprint density at radius 2 is 2.00 bits per heavy atom. The first-order valence-electron chi connectivity index (χ1n) is 10.9. The Hall–Kier alpha value is -2.54. The first kappa shape index (κ1) is 21.7. The van der Waals surface area contributed by atoms with Crippen molar-refractivity contribution in [3.8, 4) is 11.3 Å². The third-order valence-corrected chi connectivity index (χ3v) is 6.44. The van der Waals surface area contributed by atoms with Gasteiger partial charge in [0.2, 0.25) is 0 Å². The second-order valence-corrected chi connectivity index (χ2v) is 9.17. The zero-order valence-electron chi connectivity index (χ0n) is 18.1. The SMILES string of the molecule is C=C(C)CC1(NC(=O)c2noc(-c3ccc(F)cc3F)c2C)CN(C2CCCCC2)C1. The van der Waals surface area contributed by atoms with Gasteiger partial charge in [-0.25, -0.2) is 8.78 Å². The van der Waals surface area contributed by atoms with Gasteiger partial charge in [-0.15, -0.1) is 6.58 Å². The molecule has 1 aliphatic carbocycles. The number of carbonyl (C=O) groups is 1. The van der Waals surface area contributed by atoms with E-state index in [2.05, 4.69) is 22.0 Å². The number of hydrogen-bond donors (Lipinski definition) is 1. The van der Waals surface area contributed by atoms with E-state index in [1.54, 1.807) is 6.92 Å². The Morgan fingerprint density at radius 1 is 1.29 bits per heavy atom. The molecule has 0 unspecified atom stereocenters. The van der Waals surface area contributed by atoms with Crippen LogP contribution in [0.3, 0.4) is 0 Å². The summed E-state index contributed by atoms with van der Waals surface area (Å²) >= 11 is 0. The zero-order chi connectivity index (χ0) is 22.2. The highest BCUT2D eigenvalue weighted by Crippen LogP contribution is 2.35. The monoisotopic (exact) mass is 429 g/mol. The third kappa shape index (κ3) is 4.42. The molecule has 2 aliphatic rings. The topological polar surface area (TPSA) is 58.4 Å². The lowest BCUT2D eigenvalue weighted by Gasteiger charge is -2.54. The Bertz CT molecular complexity index is 989. The fraction of sp³-hybridized carbons (Fsp3) is 0.500. The van der Waals surface area contributed by atoms with Crippen molar-refractivity contribution in [2.24, 2.45) is 0 Å². The van der Waals surface area contributed by atoms with Gasteiger partial charge >= 0.3 is 0 Å². The van der Waals surface area contributed by atoms with Crippen molar-refractivity contribution < 1.29 is 18.1 Å². The number of hydrogen-bond acceptors (Lipinski definition) is 4. The third-order valence-electron chi connectivity index (χ3n) is 6.44. The Labute approximate surface area is 181 Å². The van der Waals surface area contributed by atoms with Crippen LogP contribution in [0.15, 0.2) is 34.9 Å². The van der Waals surface area contributed by atoms with E-state index in [1.165, 1.54) is 38.2 Å². The van der Waals surface area contributed by atoms with Gasteiger partial charge in [-0.2, -0.15) is 0 Å². The zero-order valence-corrected chi connectivity index (χ0v) is 18.1.